The predicted molar refractivity (Wildman–Crippen MR) is 94.7 cm³/mol. The van der Waals surface area contributed by atoms with E-state index in [1.807, 2.05) is 45.0 Å². The molecule has 1 atom stereocenters. The van der Waals surface area contributed by atoms with Gasteiger partial charge in [0, 0.05) is 24.6 Å². The molecule has 0 unspecified atom stereocenters. The molecule has 0 radical (unpaired) electrons. The molecule has 25 heavy (non-hydrogen) atoms. The Labute approximate surface area is 147 Å². The summed E-state index contributed by atoms with van der Waals surface area (Å²) in [6.45, 7) is 6.14. The molecular formula is C19H23N3O3. The molecule has 0 saturated carbocycles. The Hall–Kier alpha value is -2.63. The van der Waals surface area contributed by atoms with Gasteiger partial charge in [-0.05, 0) is 17.7 Å². The molecule has 2 aromatic rings. The highest BCUT2D eigenvalue weighted by molar-refractivity contribution is 6.10. The SMILES string of the molecule is COC(=O)[C@H]1Cc2ccccc2N1C(=O)c1cc(C(C)(C)C)nn1C. The summed E-state index contributed by atoms with van der Waals surface area (Å²) in [5.41, 5.74) is 2.84. The minimum atomic E-state index is -0.650. The van der Waals surface area contributed by atoms with Crippen molar-refractivity contribution in [3.05, 3.63) is 47.3 Å². The maximum atomic E-state index is 13.3. The third-order valence-corrected chi connectivity index (χ3v) is 4.54. The van der Waals surface area contributed by atoms with Crippen LogP contribution in [0.15, 0.2) is 30.3 Å². The molecule has 1 aromatic heterocycles. The number of rotatable bonds is 2. The number of nitrogens with zero attached hydrogens (tertiary/aromatic N) is 3. The second-order valence-electron chi connectivity index (χ2n) is 7.34. The lowest BCUT2D eigenvalue weighted by Gasteiger charge is -2.23. The molecule has 3 rings (SSSR count). The molecular weight excluding hydrogens is 318 g/mol. The Morgan fingerprint density at radius 3 is 2.52 bits per heavy atom. The van der Waals surface area contributed by atoms with Crippen LogP contribution in [-0.2, 0) is 28.4 Å². The number of hydrogen-bond donors (Lipinski definition) is 0. The fourth-order valence-electron chi connectivity index (χ4n) is 3.12. The number of anilines is 1. The lowest BCUT2D eigenvalue weighted by atomic mass is 9.92. The monoisotopic (exact) mass is 341 g/mol. The van der Waals surface area contributed by atoms with E-state index in [1.165, 1.54) is 12.0 Å². The smallest absolute Gasteiger partial charge is 0.329 e. The van der Waals surface area contributed by atoms with Crippen LogP contribution in [0, 0.1) is 0 Å². The van der Waals surface area contributed by atoms with Gasteiger partial charge in [-0.15, -0.1) is 0 Å². The topological polar surface area (TPSA) is 64.4 Å². The van der Waals surface area contributed by atoms with Crippen molar-refractivity contribution in [2.24, 2.45) is 7.05 Å². The van der Waals surface area contributed by atoms with Crippen LogP contribution in [-0.4, -0.2) is 34.8 Å². The number of carbonyl (C=O) groups excluding carboxylic acids is 2. The first-order chi connectivity index (χ1) is 11.7. The number of carbonyl (C=O) groups is 2. The van der Waals surface area contributed by atoms with Gasteiger partial charge in [0.05, 0.1) is 12.8 Å². The molecule has 1 amide bonds. The molecule has 1 aliphatic rings. The number of ether oxygens (including phenoxy) is 1. The highest BCUT2D eigenvalue weighted by atomic mass is 16.5. The average Bonchev–Trinajstić information content (AvgIpc) is 3.14. The highest BCUT2D eigenvalue weighted by Crippen LogP contribution is 2.34. The second kappa shape index (κ2) is 6.02. The Morgan fingerprint density at radius 1 is 1.24 bits per heavy atom. The van der Waals surface area contributed by atoms with E-state index in [0.29, 0.717) is 12.1 Å². The van der Waals surface area contributed by atoms with Crippen LogP contribution >= 0.6 is 0 Å². The standard InChI is InChI=1S/C19H23N3O3/c1-19(2,3)16-11-14(21(4)20-16)17(23)22-13-9-7-6-8-12(13)10-15(22)18(24)25-5/h6-9,11,15H,10H2,1-5H3/t15-/m1/s1. The van der Waals surface area contributed by atoms with Gasteiger partial charge in [0.2, 0.25) is 0 Å². The zero-order valence-corrected chi connectivity index (χ0v) is 15.2. The van der Waals surface area contributed by atoms with Crippen LogP contribution in [0.5, 0.6) is 0 Å². The summed E-state index contributed by atoms with van der Waals surface area (Å²) in [5.74, 6) is -0.659. The number of benzene rings is 1. The van der Waals surface area contributed by atoms with Gasteiger partial charge in [-0.25, -0.2) is 4.79 Å². The molecule has 2 heterocycles. The van der Waals surface area contributed by atoms with E-state index in [4.69, 9.17) is 4.74 Å². The van der Waals surface area contributed by atoms with E-state index >= 15 is 0 Å². The molecule has 1 aliphatic heterocycles. The van der Waals surface area contributed by atoms with Gasteiger partial charge in [-0.3, -0.25) is 14.4 Å². The molecule has 0 aliphatic carbocycles. The summed E-state index contributed by atoms with van der Waals surface area (Å²) in [7, 11) is 3.09. The van der Waals surface area contributed by atoms with Crippen LogP contribution in [0.25, 0.3) is 0 Å². The molecule has 0 bridgehead atoms. The number of amides is 1. The molecule has 6 heteroatoms. The van der Waals surface area contributed by atoms with Crippen LogP contribution in [0.4, 0.5) is 5.69 Å². The number of aromatic nitrogens is 2. The lowest BCUT2D eigenvalue weighted by molar-refractivity contribution is -0.141. The van der Waals surface area contributed by atoms with Crippen molar-refractivity contribution in [2.75, 3.05) is 12.0 Å². The van der Waals surface area contributed by atoms with Gasteiger partial charge in [0.15, 0.2) is 0 Å². The highest BCUT2D eigenvalue weighted by Gasteiger charge is 2.40. The molecule has 0 saturated heterocycles. The summed E-state index contributed by atoms with van der Waals surface area (Å²) in [5, 5.41) is 4.47. The number of aryl methyl sites for hydroxylation is 1. The molecule has 6 nitrogen and oxygen atoms in total. The van der Waals surface area contributed by atoms with Gasteiger partial charge in [-0.2, -0.15) is 5.10 Å². The molecule has 132 valence electrons. The van der Waals surface area contributed by atoms with E-state index in [2.05, 4.69) is 5.10 Å². The quantitative estimate of drug-likeness (QED) is 0.787. The van der Waals surface area contributed by atoms with Crippen molar-refractivity contribution in [1.29, 1.82) is 0 Å². The molecule has 0 fully saturated rings. The van der Waals surface area contributed by atoms with Gasteiger partial charge < -0.3 is 4.74 Å². The Bertz CT molecular complexity index is 833. The van der Waals surface area contributed by atoms with E-state index in [1.54, 1.807) is 17.8 Å². The van der Waals surface area contributed by atoms with Gasteiger partial charge in [-0.1, -0.05) is 39.0 Å². The van der Waals surface area contributed by atoms with Gasteiger partial charge in [0.25, 0.3) is 5.91 Å². The van der Waals surface area contributed by atoms with Crippen molar-refractivity contribution in [3.63, 3.8) is 0 Å². The maximum absolute atomic E-state index is 13.3. The Balaban J connectivity index is 2.05. The third kappa shape index (κ3) is 2.92. The summed E-state index contributed by atoms with van der Waals surface area (Å²) < 4.78 is 6.50. The Kier molecular flexibility index (Phi) is 4.14. The summed E-state index contributed by atoms with van der Waals surface area (Å²) in [6, 6.07) is 8.71. The van der Waals surface area contributed by atoms with E-state index < -0.39 is 12.0 Å². The largest absolute Gasteiger partial charge is 0.467 e. The van der Waals surface area contributed by atoms with Crippen molar-refractivity contribution in [1.82, 2.24) is 9.78 Å². The van der Waals surface area contributed by atoms with E-state index in [9.17, 15) is 9.59 Å². The summed E-state index contributed by atoms with van der Waals surface area (Å²) >= 11 is 0. The second-order valence-corrected chi connectivity index (χ2v) is 7.34. The fourth-order valence-corrected chi connectivity index (χ4v) is 3.12. The van der Waals surface area contributed by atoms with E-state index in [-0.39, 0.29) is 11.3 Å². The van der Waals surface area contributed by atoms with Crippen LogP contribution in [0.1, 0.15) is 42.5 Å². The van der Waals surface area contributed by atoms with Crippen molar-refractivity contribution in [2.45, 2.75) is 38.6 Å². The minimum Gasteiger partial charge on any atom is -0.467 e. The molecule has 1 aromatic carbocycles. The first-order valence-electron chi connectivity index (χ1n) is 8.28. The van der Waals surface area contributed by atoms with Crippen molar-refractivity contribution < 1.29 is 14.3 Å². The maximum Gasteiger partial charge on any atom is 0.329 e. The summed E-state index contributed by atoms with van der Waals surface area (Å²) in [4.78, 5) is 27.0. The number of para-hydroxylation sites is 1. The first-order valence-corrected chi connectivity index (χ1v) is 8.28. The average molecular weight is 341 g/mol. The van der Waals surface area contributed by atoms with Crippen LogP contribution < -0.4 is 4.90 Å². The summed E-state index contributed by atoms with van der Waals surface area (Å²) in [6.07, 6.45) is 0.457. The number of methoxy groups -OCH3 is 1. The zero-order valence-electron chi connectivity index (χ0n) is 15.2. The predicted octanol–water partition coefficient (Wildman–Crippen LogP) is 2.46. The zero-order chi connectivity index (χ0) is 18.4. The first kappa shape index (κ1) is 17.2. The van der Waals surface area contributed by atoms with Crippen LogP contribution in [0.2, 0.25) is 0 Å². The van der Waals surface area contributed by atoms with Crippen molar-refractivity contribution in [3.8, 4) is 0 Å². The van der Waals surface area contributed by atoms with Gasteiger partial charge >= 0.3 is 5.97 Å². The fraction of sp³-hybridized carbons (Fsp3) is 0.421. The third-order valence-electron chi connectivity index (χ3n) is 4.54. The number of esters is 1. The molecule has 0 spiro atoms. The Morgan fingerprint density at radius 2 is 1.92 bits per heavy atom. The van der Waals surface area contributed by atoms with Crippen LogP contribution in [0.3, 0.4) is 0 Å². The molecule has 0 N–H and O–H groups in total. The normalized spacial score (nSPS) is 16.7. The van der Waals surface area contributed by atoms with Gasteiger partial charge in [0.1, 0.15) is 11.7 Å². The van der Waals surface area contributed by atoms with E-state index in [0.717, 1.165) is 16.9 Å². The number of fused-ring (bicyclic) bond motifs is 1. The lowest BCUT2D eigenvalue weighted by Crippen LogP contribution is -2.44. The minimum absolute atomic E-state index is 0.166. The van der Waals surface area contributed by atoms with Crippen molar-refractivity contribution >= 4 is 17.6 Å². The number of hydrogen-bond acceptors (Lipinski definition) is 4.